The van der Waals surface area contributed by atoms with Gasteiger partial charge >= 0.3 is 0 Å². The van der Waals surface area contributed by atoms with E-state index in [9.17, 15) is 0 Å². The van der Waals surface area contributed by atoms with Crippen LogP contribution in [0.2, 0.25) is 0 Å². The molecule has 0 atom stereocenters. The van der Waals surface area contributed by atoms with Crippen molar-refractivity contribution in [3.63, 3.8) is 0 Å². The molecule has 0 radical (unpaired) electrons. The first-order valence-corrected chi connectivity index (χ1v) is 7.25. The number of hydrogen-bond donors (Lipinski definition) is 1. The largest absolute Gasteiger partial charge is 0.337 e. The second-order valence-electron chi connectivity index (χ2n) is 5.51. The summed E-state index contributed by atoms with van der Waals surface area (Å²) in [5.74, 6) is 2.02. The van der Waals surface area contributed by atoms with E-state index in [0.29, 0.717) is 18.4 Å². The average molecular weight is 283 g/mol. The number of nitrogens with one attached hydrogen (secondary N) is 1. The van der Waals surface area contributed by atoms with Crippen molar-refractivity contribution in [1.29, 1.82) is 0 Å². The highest BCUT2D eigenvalue weighted by atomic mass is 16.5. The monoisotopic (exact) mass is 283 g/mol. The Kier molecular flexibility index (Phi) is 2.96. The van der Waals surface area contributed by atoms with Crippen LogP contribution in [0.5, 0.6) is 0 Å². The Morgan fingerprint density at radius 2 is 2.33 bits per heavy atom. The molecule has 0 bridgehead atoms. The summed E-state index contributed by atoms with van der Waals surface area (Å²) in [6.45, 7) is 1.38. The second kappa shape index (κ2) is 4.96. The second-order valence-corrected chi connectivity index (χ2v) is 5.51. The Labute approximate surface area is 122 Å². The maximum Gasteiger partial charge on any atom is 0.246 e. The van der Waals surface area contributed by atoms with Crippen LogP contribution in [0.15, 0.2) is 29.0 Å². The summed E-state index contributed by atoms with van der Waals surface area (Å²) < 4.78 is 7.44. The highest BCUT2D eigenvalue weighted by molar-refractivity contribution is 5.80. The third kappa shape index (κ3) is 2.31. The lowest BCUT2D eigenvalue weighted by Gasteiger charge is -1.99. The minimum absolute atomic E-state index is 0.516. The van der Waals surface area contributed by atoms with Gasteiger partial charge in [-0.1, -0.05) is 5.16 Å². The van der Waals surface area contributed by atoms with E-state index in [-0.39, 0.29) is 0 Å². The van der Waals surface area contributed by atoms with Gasteiger partial charge in [-0.3, -0.25) is 0 Å². The van der Waals surface area contributed by atoms with Gasteiger partial charge in [0, 0.05) is 30.2 Å². The highest BCUT2D eigenvalue weighted by Gasteiger charge is 2.28. The predicted octanol–water partition coefficient (Wildman–Crippen LogP) is 2.06. The molecule has 21 heavy (non-hydrogen) atoms. The Bertz CT molecular complexity index is 771. The molecule has 0 amide bonds. The molecule has 0 aliphatic heterocycles. The molecular formula is C15H17N5O. The molecule has 6 heteroatoms. The fraction of sp³-hybridized carbons (Fsp3) is 0.400. The van der Waals surface area contributed by atoms with Crippen LogP contribution in [0.4, 0.5) is 0 Å². The molecule has 1 saturated carbocycles. The van der Waals surface area contributed by atoms with E-state index in [4.69, 9.17) is 4.52 Å². The van der Waals surface area contributed by atoms with Crippen LogP contribution >= 0.6 is 0 Å². The summed E-state index contributed by atoms with van der Waals surface area (Å²) in [4.78, 5) is 8.97. The van der Waals surface area contributed by atoms with Crippen molar-refractivity contribution < 1.29 is 4.52 Å². The minimum atomic E-state index is 0.516. The number of rotatable bonds is 5. The van der Waals surface area contributed by atoms with Crippen LogP contribution in [-0.4, -0.2) is 26.7 Å². The highest BCUT2D eigenvalue weighted by Crippen LogP contribution is 2.38. The summed E-state index contributed by atoms with van der Waals surface area (Å²) >= 11 is 0. The normalized spacial score (nSPS) is 14.9. The summed E-state index contributed by atoms with van der Waals surface area (Å²) in [5, 5.41) is 8.41. The molecule has 1 aliphatic rings. The third-order valence-corrected chi connectivity index (χ3v) is 3.82. The van der Waals surface area contributed by atoms with E-state index >= 15 is 0 Å². The van der Waals surface area contributed by atoms with Crippen LogP contribution in [0.1, 0.15) is 36.0 Å². The number of aromatic nitrogens is 4. The number of hydrogen-bond acceptors (Lipinski definition) is 5. The number of fused-ring (bicyclic) bond motifs is 1. The summed E-state index contributed by atoms with van der Waals surface area (Å²) in [6, 6.07) is 4.05. The van der Waals surface area contributed by atoms with Gasteiger partial charge in [0.1, 0.15) is 12.2 Å². The molecule has 1 aliphatic carbocycles. The van der Waals surface area contributed by atoms with Crippen LogP contribution in [-0.2, 0) is 13.1 Å². The van der Waals surface area contributed by atoms with E-state index in [2.05, 4.69) is 37.3 Å². The Hall–Kier alpha value is -2.21. The molecule has 0 saturated heterocycles. The SMILES string of the molecule is CNCc1cn(Cc2nc(C3CC3)no2)c2ncccc12. The quantitative estimate of drug-likeness (QED) is 0.776. The minimum Gasteiger partial charge on any atom is -0.337 e. The Morgan fingerprint density at radius 1 is 1.43 bits per heavy atom. The van der Waals surface area contributed by atoms with Gasteiger partial charge in [0.05, 0.1) is 0 Å². The van der Waals surface area contributed by atoms with Crippen LogP contribution < -0.4 is 5.32 Å². The van der Waals surface area contributed by atoms with Gasteiger partial charge in [-0.15, -0.1) is 0 Å². The Balaban J connectivity index is 1.68. The predicted molar refractivity (Wildman–Crippen MR) is 77.9 cm³/mol. The zero-order valence-electron chi connectivity index (χ0n) is 11.9. The van der Waals surface area contributed by atoms with Gasteiger partial charge in [-0.05, 0) is 37.6 Å². The molecule has 1 N–H and O–H groups in total. The van der Waals surface area contributed by atoms with Crippen molar-refractivity contribution >= 4 is 11.0 Å². The smallest absolute Gasteiger partial charge is 0.246 e. The van der Waals surface area contributed by atoms with Gasteiger partial charge in [0.25, 0.3) is 0 Å². The number of pyridine rings is 1. The van der Waals surface area contributed by atoms with E-state index in [0.717, 1.165) is 23.4 Å². The molecule has 3 aromatic rings. The molecular weight excluding hydrogens is 266 g/mol. The van der Waals surface area contributed by atoms with Gasteiger partial charge in [0.2, 0.25) is 5.89 Å². The maximum absolute atomic E-state index is 5.36. The first kappa shape index (κ1) is 12.5. The zero-order chi connectivity index (χ0) is 14.2. The summed E-state index contributed by atoms with van der Waals surface area (Å²) in [7, 11) is 1.94. The summed E-state index contributed by atoms with van der Waals surface area (Å²) in [5.41, 5.74) is 2.18. The first-order valence-electron chi connectivity index (χ1n) is 7.25. The lowest BCUT2D eigenvalue weighted by molar-refractivity contribution is 0.367. The van der Waals surface area contributed by atoms with E-state index < -0.39 is 0 Å². The van der Waals surface area contributed by atoms with Gasteiger partial charge in [-0.2, -0.15) is 4.98 Å². The molecule has 6 nitrogen and oxygen atoms in total. The van der Waals surface area contributed by atoms with Crippen molar-refractivity contribution in [2.24, 2.45) is 0 Å². The molecule has 0 spiro atoms. The van der Waals surface area contributed by atoms with Crippen molar-refractivity contribution in [1.82, 2.24) is 25.0 Å². The van der Waals surface area contributed by atoms with E-state index in [1.54, 1.807) is 0 Å². The molecule has 0 unspecified atom stereocenters. The van der Waals surface area contributed by atoms with Gasteiger partial charge < -0.3 is 14.4 Å². The Morgan fingerprint density at radius 3 is 3.14 bits per heavy atom. The molecule has 3 aromatic heterocycles. The fourth-order valence-electron chi connectivity index (χ4n) is 2.63. The molecule has 3 heterocycles. The molecule has 0 aromatic carbocycles. The van der Waals surface area contributed by atoms with Crippen LogP contribution in [0.25, 0.3) is 11.0 Å². The van der Waals surface area contributed by atoms with Crippen LogP contribution in [0, 0.1) is 0 Å². The van der Waals surface area contributed by atoms with Crippen molar-refractivity contribution in [2.45, 2.75) is 31.8 Å². The first-order chi connectivity index (χ1) is 10.3. The number of nitrogens with zero attached hydrogens (tertiary/aromatic N) is 4. The van der Waals surface area contributed by atoms with E-state index in [1.165, 1.54) is 18.4 Å². The summed E-state index contributed by atoms with van der Waals surface area (Å²) in [6.07, 6.45) is 6.28. The van der Waals surface area contributed by atoms with Gasteiger partial charge in [0.15, 0.2) is 5.82 Å². The maximum atomic E-state index is 5.36. The average Bonchev–Trinajstić information content (AvgIpc) is 3.17. The topological polar surface area (TPSA) is 68.8 Å². The van der Waals surface area contributed by atoms with Crippen LogP contribution in [0.3, 0.4) is 0 Å². The molecule has 1 fully saturated rings. The molecule has 108 valence electrons. The van der Waals surface area contributed by atoms with Crippen molar-refractivity contribution in [3.05, 3.63) is 41.8 Å². The third-order valence-electron chi connectivity index (χ3n) is 3.82. The van der Waals surface area contributed by atoms with Crippen molar-refractivity contribution in [2.75, 3.05) is 7.05 Å². The lowest BCUT2D eigenvalue weighted by Crippen LogP contribution is -2.04. The molecule has 4 rings (SSSR count). The van der Waals surface area contributed by atoms with E-state index in [1.807, 2.05) is 19.3 Å². The van der Waals surface area contributed by atoms with Gasteiger partial charge in [-0.25, -0.2) is 4.98 Å². The zero-order valence-corrected chi connectivity index (χ0v) is 11.9. The fourth-order valence-corrected chi connectivity index (χ4v) is 2.63. The standard InChI is InChI=1S/C15H17N5O/c1-16-7-11-8-20(15-12(11)3-2-6-17-15)9-13-18-14(19-21-13)10-4-5-10/h2-3,6,8,10,16H,4-5,7,9H2,1H3. The van der Waals surface area contributed by atoms with Crippen molar-refractivity contribution in [3.8, 4) is 0 Å². The lowest BCUT2D eigenvalue weighted by atomic mass is 10.2.